The van der Waals surface area contributed by atoms with Gasteiger partial charge in [-0.25, -0.2) is 9.97 Å². The molecule has 0 atom stereocenters. The Kier molecular flexibility index (Phi) is 7.85. The van der Waals surface area contributed by atoms with E-state index < -0.39 is 0 Å². The van der Waals surface area contributed by atoms with E-state index in [-0.39, 0.29) is 0 Å². The second-order valence-electron chi connectivity index (χ2n) is 11.2. The molecule has 0 fully saturated rings. The van der Waals surface area contributed by atoms with Crippen molar-refractivity contribution in [1.82, 2.24) is 40.3 Å². The molecular weight excluding hydrogens is 643 g/mol. The van der Waals surface area contributed by atoms with Crippen LogP contribution in [0.5, 0.6) is 0 Å². The Bertz CT molecular complexity index is 2360. The van der Waals surface area contributed by atoms with Crippen LogP contribution in [0.25, 0.3) is 44.3 Å². The van der Waals surface area contributed by atoms with Crippen LogP contribution in [0.4, 0.5) is 11.6 Å². The van der Waals surface area contributed by atoms with Crippen molar-refractivity contribution < 1.29 is 0 Å². The fraction of sp³-hybridized carbons (Fsp3) is 0.0556. The molecule has 48 heavy (non-hydrogen) atoms. The molecule has 0 bridgehead atoms. The summed E-state index contributed by atoms with van der Waals surface area (Å²) in [5.41, 5.74) is 8.83. The quantitative estimate of drug-likeness (QED) is 0.148. The Balaban J connectivity index is 1.26. The van der Waals surface area contributed by atoms with Gasteiger partial charge in [0.1, 0.15) is 0 Å². The molecule has 0 aliphatic heterocycles. The molecule has 0 amide bonds. The number of nitrogens with one attached hydrogen (secondary N) is 2. The number of rotatable bonds is 9. The van der Waals surface area contributed by atoms with Gasteiger partial charge in [0.25, 0.3) is 0 Å². The molecule has 0 saturated carbocycles. The van der Waals surface area contributed by atoms with Gasteiger partial charge in [-0.1, -0.05) is 65.7 Å². The van der Waals surface area contributed by atoms with Crippen LogP contribution < -0.4 is 10.0 Å². The fourth-order valence-corrected chi connectivity index (χ4v) is 6.01. The first kappa shape index (κ1) is 29.6. The van der Waals surface area contributed by atoms with Crippen LogP contribution in [0.3, 0.4) is 0 Å². The van der Waals surface area contributed by atoms with Gasteiger partial charge in [-0.15, -0.1) is 0 Å². The lowest BCUT2D eigenvalue weighted by molar-refractivity contribution is 0.689. The zero-order valence-electron chi connectivity index (χ0n) is 25.3. The minimum absolute atomic E-state index is 0.382. The summed E-state index contributed by atoms with van der Waals surface area (Å²) in [5, 5.41) is 19.2. The monoisotopic (exact) mass is 668 g/mol. The fourth-order valence-electron chi connectivity index (χ4n) is 5.60. The second kappa shape index (κ2) is 12.7. The molecule has 12 heteroatoms. The summed E-state index contributed by atoms with van der Waals surface area (Å²) in [5.74, 6) is 1.22. The summed E-state index contributed by atoms with van der Waals surface area (Å²) >= 11 is 13.2. The highest BCUT2D eigenvalue weighted by atomic mass is 35.5. The second-order valence-corrected chi connectivity index (χ2v) is 12.0. The lowest BCUT2D eigenvalue weighted by Crippen LogP contribution is -2.43. The molecule has 0 aliphatic rings. The highest BCUT2D eigenvalue weighted by Gasteiger charge is 2.23. The summed E-state index contributed by atoms with van der Waals surface area (Å²) in [7, 11) is 0. The number of aromatic nitrogens is 8. The van der Waals surface area contributed by atoms with Crippen LogP contribution >= 0.6 is 23.2 Å². The number of hydrogen-bond acceptors (Lipinski definition) is 8. The van der Waals surface area contributed by atoms with Crippen LogP contribution in [0.2, 0.25) is 10.0 Å². The van der Waals surface area contributed by atoms with Gasteiger partial charge in [-0.05, 0) is 64.7 Å². The van der Waals surface area contributed by atoms with Crippen molar-refractivity contribution >= 4 is 56.9 Å². The maximum Gasteiger partial charge on any atom is 0.166 e. The number of hydrogen-bond donors (Lipinski definition) is 2. The normalized spacial score (nSPS) is 11.3. The standard InChI is InChI=1S/C36H26Cl2N10/c37-29-6-3-4-23(12-29)21-47(35-19-39-33-13-24(8-10-31(33)45-35)27-15-41-42-16-27)48(22-26-5-1-2-7-30(26)38)36-20-40-34-14-25(9-11-32(34)46-36)28-17-43-44-18-28/h1-20H,21-22H2,(H,41,42)(H,43,44). The van der Waals surface area contributed by atoms with Crippen molar-refractivity contribution in [2.24, 2.45) is 0 Å². The van der Waals surface area contributed by atoms with Gasteiger partial charge in [0.05, 0.1) is 59.9 Å². The predicted octanol–water partition coefficient (Wildman–Crippen LogP) is 8.29. The smallest absolute Gasteiger partial charge is 0.166 e. The SMILES string of the molecule is Clc1cccc(CN(c2cnc3cc(-c4cn[nH]c4)ccc3n2)N(Cc2ccccc2Cl)c2cnc3cc(-c4cn[nH]c4)ccc3n2)c1. The number of benzene rings is 4. The molecule has 4 aromatic heterocycles. The highest BCUT2D eigenvalue weighted by molar-refractivity contribution is 6.31. The topological polar surface area (TPSA) is 115 Å². The van der Waals surface area contributed by atoms with Gasteiger partial charge in [-0.3, -0.25) is 30.2 Å². The van der Waals surface area contributed by atoms with Crippen molar-refractivity contribution in [3.05, 3.63) is 143 Å². The molecule has 0 spiro atoms. The zero-order valence-corrected chi connectivity index (χ0v) is 26.8. The Morgan fingerprint density at radius 3 is 1.71 bits per heavy atom. The number of fused-ring (bicyclic) bond motifs is 2. The number of nitrogens with zero attached hydrogens (tertiary/aromatic N) is 8. The molecule has 8 rings (SSSR count). The number of anilines is 2. The number of hydrazine groups is 1. The summed E-state index contributed by atoms with van der Waals surface area (Å²) in [6.45, 7) is 0.796. The van der Waals surface area contributed by atoms with Crippen molar-refractivity contribution in [3.63, 3.8) is 0 Å². The van der Waals surface area contributed by atoms with Crippen molar-refractivity contribution in [2.75, 3.05) is 10.0 Å². The summed E-state index contributed by atoms with van der Waals surface area (Å²) in [6, 6.07) is 27.5. The van der Waals surface area contributed by atoms with Gasteiger partial charge < -0.3 is 0 Å². The molecule has 0 aliphatic carbocycles. The first-order valence-corrected chi connectivity index (χ1v) is 15.9. The molecule has 0 radical (unpaired) electrons. The number of H-pyrrole nitrogens is 2. The van der Waals surface area contributed by atoms with E-state index in [9.17, 15) is 0 Å². The minimum Gasteiger partial charge on any atom is -0.285 e. The lowest BCUT2D eigenvalue weighted by atomic mass is 10.1. The summed E-state index contributed by atoms with van der Waals surface area (Å²) < 4.78 is 0. The van der Waals surface area contributed by atoms with Crippen molar-refractivity contribution in [3.8, 4) is 22.3 Å². The van der Waals surface area contributed by atoms with Crippen LogP contribution in [0.1, 0.15) is 11.1 Å². The van der Waals surface area contributed by atoms with E-state index in [1.54, 1.807) is 24.8 Å². The summed E-state index contributed by atoms with van der Waals surface area (Å²) in [6.07, 6.45) is 10.8. The summed E-state index contributed by atoms with van der Waals surface area (Å²) in [4.78, 5) is 19.9. The van der Waals surface area contributed by atoms with Crippen LogP contribution in [0.15, 0.2) is 122 Å². The van der Waals surface area contributed by atoms with Gasteiger partial charge in [0, 0.05) is 33.6 Å². The molecule has 234 valence electrons. The Labute approximate surface area is 285 Å². The Morgan fingerprint density at radius 2 is 1.15 bits per heavy atom. The molecular formula is C36H26Cl2N10. The maximum absolute atomic E-state index is 6.74. The van der Waals surface area contributed by atoms with E-state index in [0.29, 0.717) is 34.8 Å². The van der Waals surface area contributed by atoms with E-state index in [2.05, 4.69) is 20.4 Å². The highest BCUT2D eigenvalue weighted by Crippen LogP contribution is 2.30. The number of aromatic amines is 2. The van der Waals surface area contributed by atoms with E-state index in [4.69, 9.17) is 43.1 Å². The average Bonchev–Trinajstić information content (AvgIpc) is 3.86. The van der Waals surface area contributed by atoms with E-state index >= 15 is 0 Å². The maximum atomic E-state index is 6.74. The van der Waals surface area contributed by atoms with Gasteiger partial charge in [-0.2, -0.15) is 10.2 Å². The first-order chi connectivity index (χ1) is 23.6. The zero-order chi connectivity index (χ0) is 32.5. The molecule has 0 saturated heterocycles. The van der Waals surface area contributed by atoms with E-state index in [0.717, 1.165) is 55.4 Å². The van der Waals surface area contributed by atoms with Crippen molar-refractivity contribution in [2.45, 2.75) is 13.1 Å². The number of halogens is 2. The largest absolute Gasteiger partial charge is 0.285 e. The van der Waals surface area contributed by atoms with Crippen LogP contribution in [0, 0.1) is 0 Å². The van der Waals surface area contributed by atoms with Gasteiger partial charge in [0.2, 0.25) is 0 Å². The lowest BCUT2D eigenvalue weighted by Gasteiger charge is -2.37. The predicted molar refractivity (Wildman–Crippen MR) is 190 cm³/mol. The molecule has 10 nitrogen and oxygen atoms in total. The Hall–Kier alpha value is -5.84. The molecule has 2 N–H and O–H groups in total. The molecule has 4 heterocycles. The molecule has 8 aromatic rings. The minimum atomic E-state index is 0.382. The average molecular weight is 670 g/mol. The van der Waals surface area contributed by atoms with E-state index in [1.165, 1.54) is 0 Å². The van der Waals surface area contributed by atoms with Gasteiger partial charge in [0.15, 0.2) is 11.6 Å². The molecule has 0 unspecified atom stereocenters. The van der Waals surface area contributed by atoms with E-state index in [1.807, 2.05) is 107 Å². The van der Waals surface area contributed by atoms with Crippen LogP contribution in [-0.2, 0) is 13.1 Å². The first-order valence-electron chi connectivity index (χ1n) is 15.1. The Morgan fingerprint density at radius 1 is 0.542 bits per heavy atom. The molecule has 4 aromatic carbocycles. The third kappa shape index (κ3) is 6.02. The van der Waals surface area contributed by atoms with Crippen LogP contribution in [-0.4, -0.2) is 40.3 Å². The van der Waals surface area contributed by atoms with Gasteiger partial charge >= 0.3 is 0 Å². The van der Waals surface area contributed by atoms with Crippen molar-refractivity contribution in [1.29, 1.82) is 0 Å². The third-order valence-electron chi connectivity index (χ3n) is 8.04. The third-order valence-corrected chi connectivity index (χ3v) is 8.65.